The highest BCUT2D eigenvalue weighted by Gasteiger charge is 2.43. The molecule has 1 aromatic carbocycles. The molecule has 2 amide bonds. The van der Waals surface area contributed by atoms with Crippen LogP contribution >= 0.6 is 0 Å². The van der Waals surface area contributed by atoms with E-state index < -0.39 is 5.54 Å². The average molecular weight is 320 g/mol. The summed E-state index contributed by atoms with van der Waals surface area (Å²) in [6.07, 6.45) is 2.60. The van der Waals surface area contributed by atoms with Crippen molar-refractivity contribution in [2.24, 2.45) is 5.92 Å². The number of likely N-dealkylation sites (tertiary alicyclic amines) is 1. The Hall–Kier alpha value is -1.59. The molecule has 1 heterocycles. The third-order valence-electron chi connectivity index (χ3n) is 4.48. The van der Waals surface area contributed by atoms with Crippen molar-refractivity contribution in [1.82, 2.24) is 4.90 Å². The number of aliphatic hydroxyl groups is 1. The number of urea groups is 1. The number of rotatable bonds is 6. The van der Waals surface area contributed by atoms with Crippen molar-refractivity contribution in [1.29, 1.82) is 0 Å². The number of methoxy groups -OCH3 is 1. The number of benzene rings is 1. The lowest BCUT2D eigenvalue weighted by atomic mass is 9.87. The fraction of sp³-hybridized carbons (Fsp3) is 0.611. The standard InChI is InChI=1S/C18H28N2O3/c1-14(2)11-18(13-21)9-6-10-20(18)17(22)19-16-8-5-4-7-15(16)12-23-3/h4-5,7-8,14,21H,6,9-13H2,1-3H3,(H,19,22)/t18-/m1/s1. The molecular formula is C18H28N2O3. The van der Waals surface area contributed by atoms with Gasteiger partial charge >= 0.3 is 6.03 Å². The molecule has 1 aromatic rings. The molecule has 0 bridgehead atoms. The molecule has 1 aliphatic heterocycles. The van der Waals surface area contributed by atoms with Crippen molar-refractivity contribution in [3.63, 3.8) is 0 Å². The molecule has 128 valence electrons. The van der Waals surface area contributed by atoms with E-state index in [1.807, 2.05) is 29.2 Å². The lowest BCUT2D eigenvalue weighted by molar-refractivity contribution is 0.0727. The van der Waals surface area contributed by atoms with Crippen LogP contribution in [0.2, 0.25) is 0 Å². The molecule has 0 aromatic heterocycles. The first-order valence-corrected chi connectivity index (χ1v) is 8.29. The van der Waals surface area contributed by atoms with Gasteiger partial charge in [0.2, 0.25) is 0 Å². The topological polar surface area (TPSA) is 61.8 Å². The summed E-state index contributed by atoms with van der Waals surface area (Å²) in [7, 11) is 1.64. The van der Waals surface area contributed by atoms with E-state index >= 15 is 0 Å². The first-order chi connectivity index (χ1) is 11.0. The molecule has 1 aliphatic rings. The Bertz CT molecular complexity index is 533. The number of nitrogens with one attached hydrogen (secondary N) is 1. The number of hydrogen-bond acceptors (Lipinski definition) is 3. The van der Waals surface area contributed by atoms with E-state index in [1.165, 1.54) is 0 Å². The van der Waals surface area contributed by atoms with Crippen molar-refractivity contribution in [2.75, 3.05) is 25.6 Å². The highest BCUT2D eigenvalue weighted by molar-refractivity contribution is 5.91. The maximum absolute atomic E-state index is 12.8. The molecule has 5 heteroatoms. The largest absolute Gasteiger partial charge is 0.394 e. The number of carbonyl (C=O) groups excluding carboxylic acids is 1. The Labute approximate surface area is 138 Å². The molecule has 2 rings (SSSR count). The van der Waals surface area contributed by atoms with Crippen LogP contribution in [0.5, 0.6) is 0 Å². The fourth-order valence-electron chi connectivity index (χ4n) is 3.56. The number of amides is 2. The lowest BCUT2D eigenvalue weighted by Gasteiger charge is -2.38. The summed E-state index contributed by atoms with van der Waals surface area (Å²) in [6.45, 7) is 5.40. The van der Waals surface area contributed by atoms with Crippen LogP contribution in [-0.4, -0.2) is 41.8 Å². The van der Waals surface area contributed by atoms with Crippen LogP contribution < -0.4 is 5.32 Å². The molecule has 23 heavy (non-hydrogen) atoms. The van der Waals surface area contributed by atoms with Gasteiger partial charge in [-0.25, -0.2) is 4.79 Å². The van der Waals surface area contributed by atoms with Gasteiger partial charge in [-0.15, -0.1) is 0 Å². The summed E-state index contributed by atoms with van der Waals surface area (Å²) in [4.78, 5) is 14.6. The molecular weight excluding hydrogens is 292 g/mol. The number of carbonyl (C=O) groups is 1. The fourth-order valence-corrected chi connectivity index (χ4v) is 3.56. The molecule has 1 atom stereocenters. The minimum absolute atomic E-state index is 0.0122. The molecule has 1 fully saturated rings. The van der Waals surface area contributed by atoms with Gasteiger partial charge in [-0.3, -0.25) is 0 Å². The predicted molar refractivity (Wildman–Crippen MR) is 91.4 cm³/mol. The highest BCUT2D eigenvalue weighted by Crippen LogP contribution is 2.35. The molecule has 2 N–H and O–H groups in total. The molecule has 5 nitrogen and oxygen atoms in total. The van der Waals surface area contributed by atoms with Crippen LogP contribution in [0.15, 0.2) is 24.3 Å². The zero-order valence-electron chi connectivity index (χ0n) is 14.3. The van der Waals surface area contributed by atoms with Crippen LogP contribution in [0.25, 0.3) is 0 Å². The average Bonchev–Trinajstić information content (AvgIpc) is 2.93. The second kappa shape index (κ2) is 7.79. The summed E-state index contributed by atoms with van der Waals surface area (Å²) in [5.41, 5.74) is 1.28. The zero-order chi connectivity index (χ0) is 16.9. The quantitative estimate of drug-likeness (QED) is 0.846. The number of anilines is 1. The van der Waals surface area contributed by atoms with E-state index in [0.29, 0.717) is 19.1 Å². The van der Waals surface area contributed by atoms with Crippen LogP contribution in [0.3, 0.4) is 0 Å². The van der Waals surface area contributed by atoms with Gasteiger partial charge in [0, 0.05) is 24.9 Å². The molecule has 0 saturated carbocycles. The molecule has 1 saturated heterocycles. The smallest absolute Gasteiger partial charge is 0.322 e. The highest BCUT2D eigenvalue weighted by atomic mass is 16.5. The van der Waals surface area contributed by atoms with Crippen molar-refractivity contribution in [2.45, 2.75) is 45.3 Å². The van der Waals surface area contributed by atoms with Crippen LogP contribution in [-0.2, 0) is 11.3 Å². The molecule has 0 aliphatic carbocycles. The number of para-hydroxylation sites is 1. The van der Waals surface area contributed by atoms with Gasteiger partial charge in [-0.1, -0.05) is 32.0 Å². The Balaban J connectivity index is 2.16. The van der Waals surface area contributed by atoms with E-state index in [9.17, 15) is 9.90 Å². The van der Waals surface area contributed by atoms with Crippen molar-refractivity contribution in [3.05, 3.63) is 29.8 Å². The summed E-state index contributed by atoms with van der Waals surface area (Å²) >= 11 is 0. The maximum atomic E-state index is 12.8. The maximum Gasteiger partial charge on any atom is 0.322 e. The Morgan fingerprint density at radius 3 is 2.83 bits per heavy atom. The minimum atomic E-state index is -0.436. The molecule has 0 radical (unpaired) electrons. The van der Waals surface area contributed by atoms with Crippen LogP contribution in [0, 0.1) is 5.92 Å². The van der Waals surface area contributed by atoms with Gasteiger partial charge < -0.3 is 20.1 Å². The van der Waals surface area contributed by atoms with Crippen molar-refractivity contribution in [3.8, 4) is 0 Å². The molecule has 0 unspecified atom stereocenters. The van der Waals surface area contributed by atoms with E-state index in [4.69, 9.17) is 4.74 Å². The van der Waals surface area contributed by atoms with Gasteiger partial charge in [0.25, 0.3) is 0 Å². The minimum Gasteiger partial charge on any atom is -0.394 e. The normalized spacial score (nSPS) is 21.0. The number of nitrogens with zero attached hydrogens (tertiary/aromatic N) is 1. The zero-order valence-corrected chi connectivity index (χ0v) is 14.3. The van der Waals surface area contributed by atoms with Gasteiger partial charge in [0.1, 0.15) is 0 Å². The molecule has 0 spiro atoms. The summed E-state index contributed by atoms with van der Waals surface area (Å²) in [6, 6.07) is 7.51. The van der Waals surface area contributed by atoms with E-state index in [-0.39, 0.29) is 12.6 Å². The third kappa shape index (κ3) is 4.03. The van der Waals surface area contributed by atoms with E-state index in [1.54, 1.807) is 7.11 Å². The Morgan fingerprint density at radius 1 is 1.43 bits per heavy atom. The van der Waals surface area contributed by atoms with E-state index in [0.717, 1.165) is 30.5 Å². The van der Waals surface area contributed by atoms with Crippen molar-refractivity contribution < 1.29 is 14.6 Å². The van der Waals surface area contributed by atoms with Gasteiger partial charge in [0.15, 0.2) is 0 Å². The second-order valence-electron chi connectivity index (χ2n) is 6.76. The first kappa shape index (κ1) is 17.8. The predicted octanol–water partition coefficient (Wildman–Crippen LogP) is 3.24. The van der Waals surface area contributed by atoms with Gasteiger partial charge in [0.05, 0.1) is 18.8 Å². The SMILES string of the molecule is COCc1ccccc1NC(=O)N1CCC[C@]1(CO)CC(C)C. The monoisotopic (exact) mass is 320 g/mol. The number of hydrogen-bond donors (Lipinski definition) is 2. The lowest BCUT2D eigenvalue weighted by Crippen LogP contribution is -2.52. The van der Waals surface area contributed by atoms with Crippen LogP contribution in [0.4, 0.5) is 10.5 Å². The number of aliphatic hydroxyl groups excluding tert-OH is 1. The Kier molecular flexibility index (Phi) is 6.02. The third-order valence-corrected chi connectivity index (χ3v) is 4.48. The summed E-state index contributed by atoms with van der Waals surface area (Å²) in [5, 5.41) is 12.9. The first-order valence-electron chi connectivity index (χ1n) is 8.29. The van der Waals surface area contributed by atoms with E-state index in [2.05, 4.69) is 19.2 Å². The summed E-state index contributed by atoms with van der Waals surface area (Å²) < 4.78 is 5.19. The Morgan fingerprint density at radius 2 is 2.17 bits per heavy atom. The van der Waals surface area contributed by atoms with Gasteiger partial charge in [-0.05, 0) is 31.2 Å². The van der Waals surface area contributed by atoms with Gasteiger partial charge in [-0.2, -0.15) is 0 Å². The second-order valence-corrected chi connectivity index (χ2v) is 6.76. The van der Waals surface area contributed by atoms with Crippen molar-refractivity contribution >= 4 is 11.7 Å². The summed E-state index contributed by atoms with van der Waals surface area (Å²) in [5.74, 6) is 0.427. The van der Waals surface area contributed by atoms with Crippen LogP contribution in [0.1, 0.15) is 38.7 Å². The number of ether oxygens (including phenoxy) is 1.